The van der Waals surface area contributed by atoms with E-state index in [1.54, 1.807) is 0 Å². The molecule has 0 aromatic carbocycles. The molecule has 1 aromatic heterocycles. The molecule has 0 spiro atoms. The standard InChI is InChI=1S/C8H6F3N3/c1-14-4-7-6(13-14)2-5(3-12-7)8(9,10)11/h2-4,14H,1H2. The van der Waals surface area contributed by atoms with Gasteiger partial charge in [-0.3, -0.25) is 0 Å². The summed E-state index contributed by atoms with van der Waals surface area (Å²) in [4.78, 5) is 3.65. The van der Waals surface area contributed by atoms with Gasteiger partial charge < -0.3 is 5.01 Å². The third kappa shape index (κ3) is 1.48. The monoisotopic (exact) mass is 201 g/mol. The smallest absolute Gasteiger partial charge is 0.310 e. The minimum Gasteiger partial charge on any atom is -0.310 e. The minimum absolute atomic E-state index is 0.227. The molecule has 1 atom stereocenters. The van der Waals surface area contributed by atoms with Crippen LogP contribution in [0.2, 0.25) is 0 Å². The average Bonchev–Trinajstić information content (AvgIpc) is 2.41. The second-order valence-corrected chi connectivity index (χ2v) is 2.87. The van der Waals surface area contributed by atoms with Gasteiger partial charge in [0.25, 0.3) is 0 Å². The summed E-state index contributed by atoms with van der Waals surface area (Å²) in [6.07, 6.45) is -2.04. The molecule has 1 aliphatic heterocycles. The van der Waals surface area contributed by atoms with Crippen LogP contribution in [-0.2, 0) is 6.18 Å². The average molecular weight is 201 g/mol. The number of quaternary nitrogens is 1. The molecule has 0 bridgehead atoms. The second kappa shape index (κ2) is 2.78. The van der Waals surface area contributed by atoms with E-state index >= 15 is 0 Å². The van der Waals surface area contributed by atoms with E-state index in [9.17, 15) is 13.2 Å². The van der Waals surface area contributed by atoms with Crippen LogP contribution >= 0.6 is 0 Å². The highest BCUT2D eigenvalue weighted by Crippen LogP contribution is 2.26. The molecule has 0 saturated carbocycles. The first-order valence-corrected chi connectivity index (χ1v) is 3.79. The number of aromatic nitrogens is 1. The fraction of sp³-hybridized carbons (Fsp3) is 0.125. The summed E-state index contributed by atoms with van der Waals surface area (Å²) in [5.41, 5.74) is -0.789. The van der Waals surface area contributed by atoms with Gasteiger partial charge in [0, 0.05) is 6.20 Å². The zero-order chi connectivity index (χ0) is 10.3. The first-order valence-electron chi connectivity index (χ1n) is 3.79. The number of pyridine rings is 1. The number of hydrogen-bond acceptors (Lipinski definition) is 2. The van der Waals surface area contributed by atoms with E-state index in [1.807, 2.05) is 0 Å². The molecule has 2 rings (SSSR count). The molecular formula is C8H6F3N3. The van der Waals surface area contributed by atoms with Gasteiger partial charge in [0.2, 0.25) is 0 Å². The topological polar surface area (TPSA) is 29.7 Å². The molecule has 6 heteroatoms. The minimum atomic E-state index is -4.37. The van der Waals surface area contributed by atoms with E-state index in [4.69, 9.17) is 0 Å². The molecule has 0 fully saturated rings. The quantitative estimate of drug-likeness (QED) is 0.539. The molecular weight excluding hydrogens is 195 g/mol. The predicted molar refractivity (Wildman–Crippen MR) is 40.8 cm³/mol. The van der Waals surface area contributed by atoms with Crippen LogP contribution in [0, 0.1) is 7.05 Å². The van der Waals surface area contributed by atoms with E-state index in [2.05, 4.69) is 17.1 Å². The van der Waals surface area contributed by atoms with Gasteiger partial charge >= 0.3 is 6.18 Å². The zero-order valence-corrected chi connectivity index (χ0v) is 6.97. The molecule has 74 valence electrons. The van der Waals surface area contributed by atoms with E-state index in [1.165, 1.54) is 6.20 Å². The van der Waals surface area contributed by atoms with Crippen molar-refractivity contribution in [1.82, 2.24) is 4.98 Å². The van der Waals surface area contributed by atoms with Gasteiger partial charge in [-0.25, -0.2) is 4.98 Å². The van der Waals surface area contributed by atoms with Gasteiger partial charge in [-0.1, -0.05) is 0 Å². The third-order valence-corrected chi connectivity index (χ3v) is 1.79. The highest BCUT2D eigenvalue weighted by molar-refractivity contribution is 5.18. The fourth-order valence-corrected chi connectivity index (χ4v) is 1.16. The fourth-order valence-electron chi connectivity index (χ4n) is 1.16. The van der Waals surface area contributed by atoms with Crippen LogP contribution in [-0.4, -0.2) is 4.98 Å². The normalized spacial score (nSPS) is 19.9. The Morgan fingerprint density at radius 2 is 2.07 bits per heavy atom. The van der Waals surface area contributed by atoms with Crippen molar-refractivity contribution in [1.29, 1.82) is 0 Å². The molecule has 1 N–H and O–H groups in total. The van der Waals surface area contributed by atoms with Gasteiger partial charge in [0.1, 0.15) is 16.9 Å². The molecule has 2 heterocycles. The molecule has 0 saturated heterocycles. The lowest BCUT2D eigenvalue weighted by Gasteiger charge is -2.03. The van der Waals surface area contributed by atoms with Crippen LogP contribution in [0.4, 0.5) is 13.2 Å². The Morgan fingerprint density at radius 1 is 1.36 bits per heavy atom. The van der Waals surface area contributed by atoms with E-state index in [-0.39, 0.29) is 5.36 Å². The van der Waals surface area contributed by atoms with Gasteiger partial charge in [0.15, 0.2) is 0 Å². The predicted octanol–water partition coefficient (Wildman–Crippen LogP) is -0.937. The number of halogens is 3. The lowest BCUT2D eigenvalue weighted by Crippen LogP contribution is -2.95. The summed E-state index contributed by atoms with van der Waals surface area (Å²) in [5, 5.41) is 4.90. The zero-order valence-electron chi connectivity index (χ0n) is 6.97. The van der Waals surface area contributed by atoms with Crippen molar-refractivity contribution in [3.63, 3.8) is 0 Å². The van der Waals surface area contributed by atoms with Crippen molar-refractivity contribution in [2.45, 2.75) is 6.18 Å². The van der Waals surface area contributed by atoms with Crippen LogP contribution in [0.5, 0.6) is 0 Å². The first-order chi connectivity index (χ1) is 6.47. The number of alkyl halides is 3. The van der Waals surface area contributed by atoms with Crippen molar-refractivity contribution >= 4 is 6.20 Å². The SMILES string of the molecule is [CH2-][NH+]1C=c2ncc(C(F)(F)F)cc2=N1. The second-order valence-electron chi connectivity index (χ2n) is 2.87. The molecule has 1 aromatic rings. The third-order valence-electron chi connectivity index (χ3n) is 1.79. The van der Waals surface area contributed by atoms with Crippen molar-refractivity contribution in [3.05, 3.63) is 35.6 Å². The van der Waals surface area contributed by atoms with Crippen LogP contribution < -0.4 is 15.7 Å². The molecule has 1 aliphatic rings. The molecule has 14 heavy (non-hydrogen) atoms. The molecule has 1 unspecified atom stereocenters. The lowest BCUT2D eigenvalue weighted by atomic mass is 10.2. The molecule has 0 radical (unpaired) electrons. The maximum absolute atomic E-state index is 12.2. The van der Waals surface area contributed by atoms with Gasteiger partial charge in [0.05, 0.1) is 5.56 Å². The lowest BCUT2D eigenvalue weighted by molar-refractivity contribution is -0.774. The van der Waals surface area contributed by atoms with Gasteiger partial charge in [-0.05, 0) is 6.07 Å². The Labute approximate surface area is 77.2 Å². The highest BCUT2D eigenvalue weighted by atomic mass is 19.4. The van der Waals surface area contributed by atoms with Gasteiger partial charge in [-0.15, -0.1) is 12.1 Å². The summed E-state index contributed by atoms with van der Waals surface area (Å²) in [6.45, 7) is 0. The summed E-state index contributed by atoms with van der Waals surface area (Å²) in [7, 11) is 3.52. The Bertz CT molecular complexity index is 478. The van der Waals surface area contributed by atoms with Crippen molar-refractivity contribution < 1.29 is 18.2 Å². The van der Waals surface area contributed by atoms with E-state index in [0.29, 0.717) is 10.4 Å². The number of hydrogen-bond donors (Lipinski definition) is 1. The maximum atomic E-state index is 12.2. The highest BCUT2D eigenvalue weighted by Gasteiger charge is 2.31. The first kappa shape index (κ1) is 9.14. The Balaban J connectivity index is 2.60. The summed E-state index contributed by atoms with van der Waals surface area (Å²) >= 11 is 0. The largest absolute Gasteiger partial charge is 0.417 e. The van der Waals surface area contributed by atoms with Crippen LogP contribution in [0.3, 0.4) is 0 Å². The van der Waals surface area contributed by atoms with Crippen molar-refractivity contribution in [3.8, 4) is 0 Å². The number of nitrogens with zero attached hydrogens (tertiary/aromatic N) is 2. The van der Waals surface area contributed by atoms with E-state index in [0.717, 1.165) is 12.3 Å². The molecule has 0 amide bonds. The summed E-state index contributed by atoms with van der Waals surface area (Å²) in [6, 6.07) is 0.969. The van der Waals surface area contributed by atoms with Crippen molar-refractivity contribution in [2.75, 3.05) is 0 Å². The summed E-state index contributed by atoms with van der Waals surface area (Å²) < 4.78 is 36.7. The maximum Gasteiger partial charge on any atom is 0.417 e. The Kier molecular flexibility index (Phi) is 1.81. The number of rotatable bonds is 0. The van der Waals surface area contributed by atoms with Crippen molar-refractivity contribution in [2.24, 2.45) is 5.10 Å². The Morgan fingerprint density at radius 3 is 2.71 bits per heavy atom. The van der Waals surface area contributed by atoms with Crippen LogP contribution in [0.25, 0.3) is 6.20 Å². The van der Waals surface area contributed by atoms with E-state index < -0.39 is 11.7 Å². The Hall–Kier alpha value is -1.43. The van der Waals surface area contributed by atoms with Gasteiger partial charge in [-0.2, -0.15) is 13.2 Å². The number of nitrogens with one attached hydrogen (secondary N) is 1. The molecule has 3 nitrogen and oxygen atoms in total. The number of fused-ring (bicyclic) bond motifs is 1. The van der Waals surface area contributed by atoms with Crippen LogP contribution in [0.1, 0.15) is 5.56 Å². The van der Waals surface area contributed by atoms with Crippen LogP contribution in [0.15, 0.2) is 17.4 Å². The molecule has 0 aliphatic carbocycles. The summed E-state index contributed by atoms with van der Waals surface area (Å²) in [5.74, 6) is 0.